The van der Waals surface area contributed by atoms with Crippen molar-refractivity contribution in [2.24, 2.45) is 0 Å². The summed E-state index contributed by atoms with van der Waals surface area (Å²) in [7, 11) is 0. The molecule has 40 valence electrons. The van der Waals surface area contributed by atoms with Crippen molar-refractivity contribution in [1.82, 2.24) is 0 Å². The van der Waals surface area contributed by atoms with Crippen LogP contribution >= 0.6 is 0 Å². The summed E-state index contributed by atoms with van der Waals surface area (Å²) < 4.78 is 11.9. The van der Waals surface area contributed by atoms with Crippen LogP contribution in [0.25, 0.3) is 0 Å². The van der Waals surface area contributed by atoms with Crippen LogP contribution in [0, 0.1) is 0 Å². The van der Waals surface area contributed by atoms with Crippen LogP contribution in [0.1, 0.15) is 13.3 Å². The van der Waals surface area contributed by atoms with E-state index in [1.807, 2.05) is 0 Å². The Morgan fingerprint density at radius 2 is 2.43 bits per heavy atom. The molecule has 0 radical (unpaired) electrons. The number of rotatable bonds is 2. The zero-order valence-corrected chi connectivity index (χ0v) is 4.45. The van der Waals surface area contributed by atoms with E-state index in [2.05, 4.69) is 6.58 Å². The number of halogens is 1. The van der Waals surface area contributed by atoms with Crippen LogP contribution in [0.2, 0.25) is 0 Å². The summed E-state index contributed by atoms with van der Waals surface area (Å²) in [6, 6.07) is 0. The average Bonchev–Trinajstić information content (AvgIpc) is 1.68. The SMILES string of the molecule is C=CC/C(F)=C\C. The highest BCUT2D eigenvalue weighted by atomic mass is 19.1. The van der Waals surface area contributed by atoms with Gasteiger partial charge in [0, 0.05) is 6.42 Å². The standard InChI is InChI=1S/C6H9F/c1-3-5-6(7)4-2/h3-4H,1,5H2,2H3/b6-4+. The molecule has 0 aromatic heterocycles. The predicted octanol–water partition coefficient (Wildman–Crippen LogP) is 2.44. The third-order valence-corrected chi connectivity index (χ3v) is 0.653. The fourth-order valence-corrected chi connectivity index (χ4v) is 0.256. The van der Waals surface area contributed by atoms with Crippen LogP contribution in [0.15, 0.2) is 24.6 Å². The Morgan fingerprint density at radius 3 is 2.57 bits per heavy atom. The molecule has 0 aromatic carbocycles. The monoisotopic (exact) mass is 100 g/mol. The van der Waals surface area contributed by atoms with E-state index in [-0.39, 0.29) is 5.83 Å². The zero-order chi connectivity index (χ0) is 5.70. The summed E-state index contributed by atoms with van der Waals surface area (Å²) in [6.07, 6.45) is 3.33. The molecule has 0 bridgehead atoms. The quantitative estimate of drug-likeness (QED) is 0.467. The molecule has 0 N–H and O–H groups in total. The molecule has 0 aliphatic carbocycles. The van der Waals surface area contributed by atoms with Gasteiger partial charge in [-0.15, -0.1) is 6.58 Å². The lowest BCUT2D eigenvalue weighted by Crippen LogP contribution is -1.63. The summed E-state index contributed by atoms with van der Waals surface area (Å²) in [6.45, 7) is 5.03. The number of allylic oxidation sites excluding steroid dienone is 3. The average molecular weight is 100 g/mol. The first kappa shape index (κ1) is 6.41. The molecule has 0 amide bonds. The Balaban J connectivity index is 3.36. The van der Waals surface area contributed by atoms with Crippen molar-refractivity contribution >= 4 is 0 Å². The van der Waals surface area contributed by atoms with E-state index >= 15 is 0 Å². The summed E-state index contributed by atoms with van der Waals surface area (Å²) in [5.74, 6) is -0.116. The molecule has 7 heavy (non-hydrogen) atoms. The third-order valence-electron chi connectivity index (χ3n) is 0.653. The van der Waals surface area contributed by atoms with Crippen molar-refractivity contribution in [2.75, 3.05) is 0 Å². The molecule has 1 heteroatoms. The fraction of sp³-hybridized carbons (Fsp3) is 0.333. The van der Waals surface area contributed by atoms with Crippen molar-refractivity contribution in [3.8, 4) is 0 Å². The van der Waals surface area contributed by atoms with Gasteiger partial charge in [-0.1, -0.05) is 12.2 Å². The molecule has 0 atom stereocenters. The highest BCUT2D eigenvalue weighted by Crippen LogP contribution is 2.00. The van der Waals surface area contributed by atoms with Gasteiger partial charge in [0.15, 0.2) is 0 Å². The minimum absolute atomic E-state index is 0.116. The first-order valence-corrected chi connectivity index (χ1v) is 2.23. The Kier molecular flexibility index (Phi) is 3.29. The molecule has 0 saturated carbocycles. The highest BCUT2D eigenvalue weighted by Gasteiger charge is 1.82. The molecule has 0 rings (SSSR count). The number of hydrogen-bond donors (Lipinski definition) is 0. The van der Waals surface area contributed by atoms with Gasteiger partial charge in [-0.3, -0.25) is 0 Å². The van der Waals surface area contributed by atoms with Crippen LogP contribution in [0.5, 0.6) is 0 Å². The lowest BCUT2D eigenvalue weighted by molar-refractivity contribution is 0.616. The van der Waals surface area contributed by atoms with E-state index in [1.54, 1.807) is 6.92 Å². The molecule has 0 unspecified atom stereocenters. The van der Waals surface area contributed by atoms with E-state index in [4.69, 9.17) is 0 Å². The Morgan fingerprint density at radius 1 is 1.86 bits per heavy atom. The molecule has 0 aliphatic rings. The second kappa shape index (κ2) is 3.59. The molecular weight excluding hydrogens is 91.1 g/mol. The van der Waals surface area contributed by atoms with E-state index in [9.17, 15) is 4.39 Å². The highest BCUT2D eigenvalue weighted by molar-refractivity contribution is 4.94. The van der Waals surface area contributed by atoms with Crippen LogP contribution in [-0.4, -0.2) is 0 Å². The van der Waals surface area contributed by atoms with Gasteiger partial charge in [0.1, 0.15) is 0 Å². The Hall–Kier alpha value is -0.590. The normalized spacial score (nSPS) is 11.4. The third kappa shape index (κ3) is 3.23. The second-order valence-corrected chi connectivity index (χ2v) is 1.23. The van der Waals surface area contributed by atoms with Gasteiger partial charge in [-0.25, -0.2) is 4.39 Å². The first-order chi connectivity index (χ1) is 3.31. The summed E-state index contributed by atoms with van der Waals surface area (Å²) in [4.78, 5) is 0. The van der Waals surface area contributed by atoms with Crippen LogP contribution in [-0.2, 0) is 0 Å². The van der Waals surface area contributed by atoms with Crippen molar-refractivity contribution in [3.05, 3.63) is 24.6 Å². The fourth-order valence-electron chi connectivity index (χ4n) is 0.256. The molecule has 0 spiro atoms. The van der Waals surface area contributed by atoms with Crippen molar-refractivity contribution < 1.29 is 4.39 Å². The van der Waals surface area contributed by atoms with Crippen LogP contribution in [0.4, 0.5) is 4.39 Å². The maximum atomic E-state index is 11.9. The molecule has 0 fully saturated rings. The zero-order valence-electron chi connectivity index (χ0n) is 4.45. The van der Waals surface area contributed by atoms with Crippen LogP contribution in [0.3, 0.4) is 0 Å². The topological polar surface area (TPSA) is 0 Å². The maximum Gasteiger partial charge on any atom is 0.0994 e. The van der Waals surface area contributed by atoms with Crippen molar-refractivity contribution in [2.45, 2.75) is 13.3 Å². The van der Waals surface area contributed by atoms with E-state index in [0.29, 0.717) is 6.42 Å². The van der Waals surface area contributed by atoms with Gasteiger partial charge in [0.05, 0.1) is 5.83 Å². The summed E-state index contributed by atoms with van der Waals surface area (Å²) >= 11 is 0. The smallest absolute Gasteiger partial charge is 0.0994 e. The minimum Gasteiger partial charge on any atom is -0.212 e. The van der Waals surface area contributed by atoms with Crippen molar-refractivity contribution in [1.29, 1.82) is 0 Å². The van der Waals surface area contributed by atoms with Crippen molar-refractivity contribution in [3.63, 3.8) is 0 Å². The van der Waals surface area contributed by atoms with E-state index in [1.165, 1.54) is 12.2 Å². The number of hydrogen-bond acceptors (Lipinski definition) is 0. The molecule has 0 nitrogen and oxygen atoms in total. The predicted molar refractivity (Wildman–Crippen MR) is 29.7 cm³/mol. The lowest BCUT2D eigenvalue weighted by Gasteiger charge is -1.82. The lowest BCUT2D eigenvalue weighted by atomic mass is 10.3. The molecule has 0 aliphatic heterocycles. The van der Waals surface area contributed by atoms with Gasteiger partial charge in [0.2, 0.25) is 0 Å². The second-order valence-electron chi connectivity index (χ2n) is 1.23. The Bertz CT molecular complexity index is 82.2. The van der Waals surface area contributed by atoms with Crippen LogP contribution < -0.4 is 0 Å². The molecular formula is C6H9F. The molecule has 0 saturated heterocycles. The maximum absolute atomic E-state index is 11.9. The van der Waals surface area contributed by atoms with Gasteiger partial charge in [-0.2, -0.15) is 0 Å². The van der Waals surface area contributed by atoms with E-state index < -0.39 is 0 Å². The van der Waals surface area contributed by atoms with Gasteiger partial charge in [-0.05, 0) is 6.92 Å². The first-order valence-electron chi connectivity index (χ1n) is 2.23. The minimum atomic E-state index is -0.116. The van der Waals surface area contributed by atoms with Gasteiger partial charge < -0.3 is 0 Å². The van der Waals surface area contributed by atoms with Gasteiger partial charge in [0.25, 0.3) is 0 Å². The molecule has 0 aromatic rings. The summed E-state index contributed by atoms with van der Waals surface area (Å²) in [5.41, 5.74) is 0. The van der Waals surface area contributed by atoms with E-state index in [0.717, 1.165) is 0 Å². The summed E-state index contributed by atoms with van der Waals surface area (Å²) in [5, 5.41) is 0. The van der Waals surface area contributed by atoms with Gasteiger partial charge >= 0.3 is 0 Å². The largest absolute Gasteiger partial charge is 0.212 e. The Labute approximate surface area is 43.4 Å². The molecule has 0 heterocycles.